The second kappa shape index (κ2) is 3.83. The van der Waals surface area contributed by atoms with Gasteiger partial charge < -0.3 is 9.84 Å². The predicted octanol–water partition coefficient (Wildman–Crippen LogP) is 1.92. The lowest BCUT2D eigenvalue weighted by molar-refractivity contribution is -0.133. The molecule has 16 heavy (non-hydrogen) atoms. The van der Waals surface area contributed by atoms with Crippen molar-refractivity contribution in [3.05, 3.63) is 35.4 Å². The van der Waals surface area contributed by atoms with Gasteiger partial charge in [0.2, 0.25) is 0 Å². The molecule has 0 aromatic heterocycles. The summed E-state index contributed by atoms with van der Waals surface area (Å²) in [5.74, 6) is -1.12. The number of carboxylic acids is 1. The SMILES string of the molecule is O=C(O)c1cccc(C2(C(F)F)COC2)c1. The van der Waals surface area contributed by atoms with Gasteiger partial charge in [0.25, 0.3) is 6.43 Å². The number of rotatable bonds is 3. The molecule has 86 valence electrons. The van der Waals surface area contributed by atoms with Crippen LogP contribution in [0.1, 0.15) is 15.9 Å². The second-order valence-corrected chi connectivity index (χ2v) is 3.84. The second-order valence-electron chi connectivity index (χ2n) is 3.84. The number of benzene rings is 1. The average molecular weight is 228 g/mol. The van der Waals surface area contributed by atoms with Crippen LogP contribution in [-0.2, 0) is 10.2 Å². The van der Waals surface area contributed by atoms with Gasteiger partial charge in [-0.1, -0.05) is 12.1 Å². The molecule has 1 saturated heterocycles. The molecule has 0 amide bonds. The summed E-state index contributed by atoms with van der Waals surface area (Å²) in [5, 5.41) is 8.79. The van der Waals surface area contributed by atoms with Crippen LogP contribution in [0.4, 0.5) is 8.78 Å². The third-order valence-electron chi connectivity index (χ3n) is 2.82. The molecule has 3 nitrogen and oxygen atoms in total. The molecule has 2 rings (SSSR count). The summed E-state index contributed by atoms with van der Waals surface area (Å²) >= 11 is 0. The van der Waals surface area contributed by atoms with E-state index in [2.05, 4.69) is 0 Å². The Morgan fingerprint density at radius 3 is 2.56 bits per heavy atom. The minimum atomic E-state index is -2.55. The Balaban J connectivity index is 2.39. The first-order valence-electron chi connectivity index (χ1n) is 4.76. The van der Waals surface area contributed by atoms with Gasteiger partial charge in [0, 0.05) is 0 Å². The molecule has 0 radical (unpaired) electrons. The molecule has 0 saturated carbocycles. The summed E-state index contributed by atoms with van der Waals surface area (Å²) in [6, 6.07) is 5.66. The van der Waals surface area contributed by atoms with Crippen molar-refractivity contribution in [3.63, 3.8) is 0 Å². The van der Waals surface area contributed by atoms with Crippen LogP contribution in [0.15, 0.2) is 24.3 Å². The van der Waals surface area contributed by atoms with Crippen molar-refractivity contribution in [1.82, 2.24) is 0 Å². The van der Waals surface area contributed by atoms with Crippen LogP contribution in [0.2, 0.25) is 0 Å². The van der Waals surface area contributed by atoms with Crippen LogP contribution < -0.4 is 0 Å². The van der Waals surface area contributed by atoms with Crippen molar-refractivity contribution in [1.29, 1.82) is 0 Å². The van der Waals surface area contributed by atoms with Crippen molar-refractivity contribution in [2.45, 2.75) is 11.8 Å². The lowest BCUT2D eigenvalue weighted by Gasteiger charge is -2.41. The van der Waals surface area contributed by atoms with Gasteiger partial charge in [0.05, 0.1) is 18.8 Å². The van der Waals surface area contributed by atoms with Gasteiger partial charge in [-0.25, -0.2) is 13.6 Å². The number of hydrogen-bond acceptors (Lipinski definition) is 2. The van der Waals surface area contributed by atoms with Gasteiger partial charge in [0.15, 0.2) is 0 Å². The topological polar surface area (TPSA) is 46.5 Å². The van der Waals surface area contributed by atoms with Crippen LogP contribution >= 0.6 is 0 Å². The largest absolute Gasteiger partial charge is 0.478 e. The molecule has 1 aromatic carbocycles. The van der Waals surface area contributed by atoms with Gasteiger partial charge in [-0.3, -0.25) is 0 Å². The van der Waals surface area contributed by atoms with E-state index in [1.54, 1.807) is 0 Å². The summed E-state index contributed by atoms with van der Waals surface area (Å²) in [7, 11) is 0. The molecule has 0 atom stereocenters. The molecule has 1 fully saturated rings. The number of hydrogen-bond donors (Lipinski definition) is 1. The zero-order chi connectivity index (χ0) is 11.8. The number of carbonyl (C=O) groups is 1. The highest BCUT2D eigenvalue weighted by atomic mass is 19.3. The summed E-state index contributed by atoms with van der Waals surface area (Å²) < 4.78 is 30.7. The first-order chi connectivity index (χ1) is 7.56. The molecular weight excluding hydrogens is 218 g/mol. The minimum absolute atomic E-state index is 0.0180. The fraction of sp³-hybridized carbons (Fsp3) is 0.364. The number of alkyl halides is 2. The Kier molecular flexibility index (Phi) is 2.63. The zero-order valence-electron chi connectivity index (χ0n) is 8.32. The van der Waals surface area contributed by atoms with Crippen molar-refractivity contribution < 1.29 is 23.4 Å². The van der Waals surface area contributed by atoms with Crippen LogP contribution in [0, 0.1) is 0 Å². The molecular formula is C11H10F2O3. The first-order valence-corrected chi connectivity index (χ1v) is 4.76. The van der Waals surface area contributed by atoms with E-state index in [-0.39, 0.29) is 18.8 Å². The minimum Gasteiger partial charge on any atom is -0.478 e. The standard InChI is InChI=1S/C11H10F2O3/c12-10(13)11(5-16-6-11)8-3-1-2-7(4-8)9(14)15/h1-4,10H,5-6H2,(H,14,15). The van der Waals surface area contributed by atoms with Crippen molar-refractivity contribution in [2.24, 2.45) is 0 Å². The molecule has 1 aliphatic rings. The molecule has 5 heteroatoms. The van der Waals surface area contributed by atoms with Crippen molar-refractivity contribution in [2.75, 3.05) is 13.2 Å². The summed E-state index contributed by atoms with van der Waals surface area (Å²) in [6.07, 6.45) is -2.55. The molecule has 0 aliphatic carbocycles. The smallest absolute Gasteiger partial charge is 0.335 e. The number of aromatic carboxylic acids is 1. The number of halogens is 2. The fourth-order valence-corrected chi connectivity index (χ4v) is 1.70. The van der Waals surface area contributed by atoms with Crippen molar-refractivity contribution in [3.8, 4) is 0 Å². The highest BCUT2D eigenvalue weighted by molar-refractivity contribution is 5.87. The molecule has 0 unspecified atom stereocenters. The number of ether oxygens (including phenoxy) is 1. The quantitative estimate of drug-likeness (QED) is 0.859. The molecule has 1 aromatic rings. The lowest BCUT2D eigenvalue weighted by atomic mass is 9.78. The Morgan fingerprint density at radius 2 is 2.12 bits per heavy atom. The Hall–Kier alpha value is -1.49. The third-order valence-corrected chi connectivity index (χ3v) is 2.82. The van der Waals surface area contributed by atoms with Gasteiger partial charge >= 0.3 is 5.97 Å². The van der Waals surface area contributed by atoms with Gasteiger partial charge in [0.1, 0.15) is 5.41 Å². The van der Waals surface area contributed by atoms with Crippen molar-refractivity contribution >= 4 is 5.97 Å². The van der Waals surface area contributed by atoms with E-state index >= 15 is 0 Å². The normalized spacial score (nSPS) is 18.2. The highest BCUT2D eigenvalue weighted by Gasteiger charge is 2.48. The van der Waals surface area contributed by atoms with E-state index in [9.17, 15) is 13.6 Å². The molecule has 0 spiro atoms. The average Bonchev–Trinajstić information content (AvgIpc) is 2.15. The Morgan fingerprint density at radius 1 is 1.44 bits per heavy atom. The summed E-state index contributed by atoms with van der Waals surface area (Å²) in [5.41, 5.74) is -0.982. The summed E-state index contributed by atoms with van der Waals surface area (Å²) in [6.45, 7) is -0.124. The van der Waals surface area contributed by atoms with Gasteiger partial charge in [-0.15, -0.1) is 0 Å². The zero-order valence-corrected chi connectivity index (χ0v) is 8.32. The third kappa shape index (κ3) is 1.57. The Labute approximate surface area is 90.7 Å². The molecule has 1 heterocycles. The van der Waals surface area contributed by atoms with Crippen LogP contribution in [0.5, 0.6) is 0 Å². The monoisotopic (exact) mass is 228 g/mol. The van der Waals surface area contributed by atoms with E-state index in [4.69, 9.17) is 9.84 Å². The molecule has 1 N–H and O–H groups in total. The van der Waals surface area contributed by atoms with Crippen LogP contribution in [-0.4, -0.2) is 30.7 Å². The Bertz CT molecular complexity index is 413. The first kappa shape index (κ1) is 11.0. The van der Waals surface area contributed by atoms with E-state index in [1.165, 1.54) is 24.3 Å². The fourth-order valence-electron chi connectivity index (χ4n) is 1.70. The maximum Gasteiger partial charge on any atom is 0.335 e. The molecule has 1 aliphatic heterocycles. The van der Waals surface area contributed by atoms with Gasteiger partial charge in [-0.05, 0) is 17.7 Å². The molecule has 0 bridgehead atoms. The van der Waals surface area contributed by atoms with Crippen LogP contribution in [0.25, 0.3) is 0 Å². The van der Waals surface area contributed by atoms with Gasteiger partial charge in [-0.2, -0.15) is 0 Å². The van der Waals surface area contributed by atoms with E-state index in [0.29, 0.717) is 5.56 Å². The van der Waals surface area contributed by atoms with E-state index in [1.807, 2.05) is 0 Å². The highest BCUT2D eigenvalue weighted by Crippen LogP contribution is 2.38. The number of carboxylic acid groups (broad SMARTS) is 1. The van der Waals surface area contributed by atoms with E-state index < -0.39 is 17.8 Å². The van der Waals surface area contributed by atoms with E-state index in [0.717, 1.165) is 0 Å². The summed E-state index contributed by atoms with van der Waals surface area (Å²) in [4.78, 5) is 10.7. The maximum atomic E-state index is 12.9. The predicted molar refractivity (Wildman–Crippen MR) is 51.9 cm³/mol. The lowest BCUT2D eigenvalue weighted by Crippen LogP contribution is -2.52. The van der Waals surface area contributed by atoms with Crippen LogP contribution in [0.3, 0.4) is 0 Å². The maximum absolute atomic E-state index is 12.9.